The zero-order valence-electron chi connectivity index (χ0n) is 9.89. The summed E-state index contributed by atoms with van der Waals surface area (Å²) in [4.78, 5) is 4.11. The number of aromatic nitrogens is 3. The topological polar surface area (TPSA) is 56.7 Å². The molecule has 0 saturated carbocycles. The summed E-state index contributed by atoms with van der Waals surface area (Å²) < 4.78 is 1.82. The van der Waals surface area contributed by atoms with Gasteiger partial charge in [-0.15, -0.1) is 0 Å². The minimum Gasteiger partial charge on any atom is -0.319 e. The van der Waals surface area contributed by atoms with Gasteiger partial charge in [0.2, 0.25) is 0 Å². The summed E-state index contributed by atoms with van der Waals surface area (Å²) in [6.45, 7) is 4.77. The van der Waals surface area contributed by atoms with Crippen molar-refractivity contribution in [1.82, 2.24) is 14.8 Å². The van der Waals surface area contributed by atoms with E-state index in [1.807, 2.05) is 24.6 Å². The molecular weight excluding hydrogens is 236 g/mol. The van der Waals surface area contributed by atoms with Gasteiger partial charge in [-0.25, -0.2) is 0 Å². The Morgan fingerprint density at radius 2 is 2.24 bits per heavy atom. The van der Waals surface area contributed by atoms with Crippen molar-refractivity contribution in [1.29, 1.82) is 0 Å². The fourth-order valence-corrected chi connectivity index (χ4v) is 2.14. The van der Waals surface area contributed by atoms with E-state index in [9.17, 15) is 0 Å². The lowest BCUT2D eigenvalue weighted by atomic mass is 10.0. The van der Waals surface area contributed by atoms with Crippen molar-refractivity contribution >= 4 is 11.6 Å². The zero-order valence-corrected chi connectivity index (χ0v) is 10.6. The number of aryl methyl sites for hydroxylation is 2. The predicted molar refractivity (Wildman–Crippen MR) is 67.9 cm³/mol. The first-order valence-electron chi connectivity index (χ1n) is 5.52. The summed E-state index contributed by atoms with van der Waals surface area (Å²) in [6, 6.07) is 1.65. The van der Waals surface area contributed by atoms with Gasteiger partial charge in [0.25, 0.3) is 0 Å². The van der Waals surface area contributed by atoms with Crippen molar-refractivity contribution in [2.24, 2.45) is 5.73 Å². The van der Waals surface area contributed by atoms with Crippen molar-refractivity contribution in [3.05, 3.63) is 46.5 Å². The SMILES string of the molecule is CCn1ncc(Cl)c1C(N)c1cnccc1C. The molecule has 2 aromatic rings. The molecule has 0 fully saturated rings. The van der Waals surface area contributed by atoms with Crippen LogP contribution in [0.15, 0.2) is 24.7 Å². The molecule has 2 heterocycles. The first kappa shape index (κ1) is 12.1. The number of hydrogen-bond donors (Lipinski definition) is 1. The van der Waals surface area contributed by atoms with Crippen molar-refractivity contribution in [3.63, 3.8) is 0 Å². The summed E-state index contributed by atoms with van der Waals surface area (Å²) in [5.41, 5.74) is 9.17. The predicted octanol–water partition coefficient (Wildman–Crippen LogP) is 2.31. The maximum Gasteiger partial charge on any atom is 0.0837 e. The van der Waals surface area contributed by atoms with E-state index in [-0.39, 0.29) is 6.04 Å². The molecule has 5 heteroatoms. The highest BCUT2D eigenvalue weighted by Gasteiger charge is 2.19. The van der Waals surface area contributed by atoms with E-state index < -0.39 is 0 Å². The summed E-state index contributed by atoms with van der Waals surface area (Å²) in [6.07, 6.45) is 5.17. The van der Waals surface area contributed by atoms with Crippen LogP contribution in [0, 0.1) is 6.92 Å². The second kappa shape index (κ2) is 4.85. The van der Waals surface area contributed by atoms with E-state index in [1.54, 1.807) is 18.6 Å². The Bertz CT molecular complexity index is 521. The molecule has 0 saturated heterocycles. The number of pyridine rings is 1. The van der Waals surface area contributed by atoms with Crippen molar-refractivity contribution < 1.29 is 0 Å². The van der Waals surface area contributed by atoms with Gasteiger partial charge in [0.15, 0.2) is 0 Å². The van der Waals surface area contributed by atoms with Crippen LogP contribution in [-0.2, 0) is 6.54 Å². The molecule has 2 N–H and O–H groups in total. The molecule has 0 aromatic carbocycles. The van der Waals surface area contributed by atoms with Crippen LogP contribution < -0.4 is 5.73 Å². The maximum absolute atomic E-state index is 6.25. The molecule has 17 heavy (non-hydrogen) atoms. The van der Waals surface area contributed by atoms with Crippen LogP contribution in [0.1, 0.15) is 29.8 Å². The number of nitrogens with zero attached hydrogens (tertiary/aromatic N) is 3. The first-order chi connectivity index (χ1) is 8.15. The maximum atomic E-state index is 6.25. The summed E-state index contributed by atoms with van der Waals surface area (Å²) in [5, 5.41) is 4.79. The Labute approximate surface area is 105 Å². The Hall–Kier alpha value is -1.39. The van der Waals surface area contributed by atoms with Crippen molar-refractivity contribution in [2.45, 2.75) is 26.4 Å². The Kier molecular flexibility index (Phi) is 3.45. The van der Waals surface area contributed by atoms with E-state index in [0.29, 0.717) is 5.02 Å². The summed E-state index contributed by atoms with van der Waals surface area (Å²) >= 11 is 6.14. The molecule has 90 valence electrons. The van der Waals surface area contributed by atoms with Crippen LogP contribution in [0.2, 0.25) is 5.02 Å². The van der Waals surface area contributed by atoms with E-state index >= 15 is 0 Å². The van der Waals surface area contributed by atoms with Crippen LogP contribution in [0.5, 0.6) is 0 Å². The average Bonchev–Trinajstić information content (AvgIpc) is 2.70. The standard InChI is InChI=1S/C12H15ClN4/c1-3-17-12(10(13)7-16-17)11(14)9-6-15-5-4-8(9)2/h4-7,11H,3,14H2,1-2H3. The molecule has 0 spiro atoms. The lowest BCUT2D eigenvalue weighted by Crippen LogP contribution is -2.18. The van der Waals surface area contributed by atoms with Gasteiger partial charge in [-0.3, -0.25) is 9.67 Å². The van der Waals surface area contributed by atoms with Gasteiger partial charge < -0.3 is 5.73 Å². The molecule has 4 nitrogen and oxygen atoms in total. The van der Waals surface area contributed by atoms with Gasteiger partial charge >= 0.3 is 0 Å². The Balaban J connectivity index is 2.47. The third-order valence-electron chi connectivity index (χ3n) is 2.84. The Morgan fingerprint density at radius 1 is 1.47 bits per heavy atom. The fraction of sp³-hybridized carbons (Fsp3) is 0.333. The molecule has 1 atom stereocenters. The van der Waals surface area contributed by atoms with Crippen LogP contribution in [0.3, 0.4) is 0 Å². The number of halogens is 1. The first-order valence-corrected chi connectivity index (χ1v) is 5.90. The third-order valence-corrected chi connectivity index (χ3v) is 3.13. The quantitative estimate of drug-likeness (QED) is 0.910. The van der Waals surface area contributed by atoms with Gasteiger partial charge in [0, 0.05) is 18.9 Å². The minimum atomic E-state index is -0.293. The lowest BCUT2D eigenvalue weighted by Gasteiger charge is -2.16. The fourth-order valence-electron chi connectivity index (χ4n) is 1.88. The van der Waals surface area contributed by atoms with E-state index in [4.69, 9.17) is 17.3 Å². The highest BCUT2D eigenvalue weighted by Crippen LogP contribution is 2.27. The molecule has 0 aliphatic carbocycles. The van der Waals surface area contributed by atoms with Gasteiger partial charge in [-0.1, -0.05) is 11.6 Å². The molecule has 1 unspecified atom stereocenters. The summed E-state index contributed by atoms with van der Waals surface area (Å²) in [7, 11) is 0. The summed E-state index contributed by atoms with van der Waals surface area (Å²) in [5.74, 6) is 0. The molecule has 0 aliphatic rings. The lowest BCUT2D eigenvalue weighted by molar-refractivity contribution is 0.599. The van der Waals surface area contributed by atoms with Crippen molar-refractivity contribution in [3.8, 4) is 0 Å². The molecular formula is C12H15ClN4. The molecule has 0 bridgehead atoms. The minimum absolute atomic E-state index is 0.293. The van der Waals surface area contributed by atoms with E-state index in [1.165, 1.54) is 0 Å². The highest BCUT2D eigenvalue weighted by atomic mass is 35.5. The zero-order chi connectivity index (χ0) is 12.4. The van der Waals surface area contributed by atoms with Crippen LogP contribution in [0.25, 0.3) is 0 Å². The van der Waals surface area contributed by atoms with E-state index in [0.717, 1.165) is 23.4 Å². The van der Waals surface area contributed by atoms with Crippen LogP contribution in [0.4, 0.5) is 0 Å². The highest BCUT2D eigenvalue weighted by molar-refractivity contribution is 6.31. The van der Waals surface area contributed by atoms with Gasteiger partial charge in [-0.2, -0.15) is 5.10 Å². The van der Waals surface area contributed by atoms with Crippen LogP contribution >= 0.6 is 11.6 Å². The number of hydrogen-bond acceptors (Lipinski definition) is 3. The van der Waals surface area contributed by atoms with Gasteiger partial charge in [-0.05, 0) is 31.0 Å². The number of nitrogens with two attached hydrogens (primary N) is 1. The smallest absolute Gasteiger partial charge is 0.0837 e. The average molecular weight is 251 g/mol. The molecule has 0 amide bonds. The molecule has 0 aliphatic heterocycles. The molecule has 2 aromatic heterocycles. The number of rotatable bonds is 3. The molecule has 0 radical (unpaired) electrons. The van der Waals surface area contributed by atoms with Gasteiger partial charge in [0.1, 0.15) is 0 Å². The normalized spacial score (nSPS) is 12.7. The second-order valence-corrected chi connectivity index (χ2v) is 4.31. The second-order valence-electron chi connectivity index (χ2n) is 3.90. The third kappa shape index (κ3) is 2.18. The van der Waals surface area contributed by atoms with Crippen LogP contribution in [-0.4, -0.2) is 14.8 Å². The molecule has 2 rings (SSSR count). The Morgan fingerprint density at radius 3 is 2.88 bits per heavy atom. The van der Waals surface area contributed by atoms with E-state index in [2.05, 4.69) is 10.1 Å². The monoisotopic (exact) mass is 250 g/mol. The van der Waals surface area contributed by atoms with Gasteiger partial charge in [0.05, 0.1) is 23.0 Å². The largest absolute Gasteiger partial charge is 0.319 e. The van der Waals surface area contributed by atoms with Crippen molar-refractivity contribution in [2.75, 3.05) is 0 Å².